The lowest BCUT2D eigenvalue weighted by Gasteiger charge is -2.34. The summed E-state index contributed by atoms with van der Waals surface area (Å²) in [7, 11) is 6.23. The van der Waals surface area contributed by atoms with Gasteiger partial charge in [0.2, 0.25) is 0 Å². The van der Waals surface area contributed by atoms with Crippen molar-refractivity contribution in [1.82, 2.24) is 24.3 Å². The van der Waals surface area contributed by atoms with Crippen LogP contribution in [0.1, 0.15) is 0 Å². The number of pyridine rings is 1. The highest BCUT2D eigenvalue weighted by molar-refractivity contribution is 6.11. The number of hydrogen-bond acceptors (Lipinski definition) is 5. The summed E-state index contributed by atoms with van der Waals surface area (Å²) in [6.45, 7) is 5.55. The predicted octanol–water partition coefficient (Wildman–Crippen LogP) is 4.53. The number of rotatable bonds is 6. The van der Waals surface area contributed by atoms with E-state index in [1.807, 2.05) is 36.9 Å². The molecule has 0 atom stereocenters. The molecule has 1 aliphatic heterocycles. The summed E-state index contributed by atoms with van der Waals surface area (Å²) >= 11 is 0. The van der Waals surface area contributed by atoms with Crippen LogP contribution in [0.15, 0.2) is 77.6 Å². The van der Waals surface area contributed by atoms with Crippen LogP contribution in [0.25, 0.3) is 44.3 Å². The number of likely N-dealkylation sites (N-methyl/N-ethyl adjacent to an activating group) is 2. The number of fused-ring (bicyclic) bond motifs is 3. The summed E-state index contributed by atoms with van der Waals surface area (Å²) in [4.78, 5) is 28.6. The molecule has 3 heterocycles. The van der Waals surface area contributed by atoms with E-state index >= 15 is 0 Å². The largest absolute Gasteiger partial charge is 0.369 e. The molecule has 5 aromatic rings. The van der Waals surface area contributed by atoms with Gasteiger partial charge in [0.1, 0.15) is 0 Å². The van der Waals surface area contributed by atoms with Crippen molar-refractivity contribution in [1.29, 1.82) is 0 Å². The van der Waals surface area contributed by atoms with Crippen LogP contribution in [0.4, 0.5) is 5.69 Å². The van der Waals surface area contributed by atoms with E-state index in [4.69, 9.17) is 4.98 Å². The van der Waals surface area contributed by atoms with Gasteiger partial charge in [-0.2, -0.15) is 0 Å². The molecule has 7 nitrogen and oxygen atoms in total. The Bertz CT molecular complexity index is 1630. The van der Waals surface area contributed by atoms with Gasteiger partial charge < -0.3 is 19.7 Å². The van der Waals surface area contributed by atoms with Crippen molar-refractivity contribution in [2.45, 2.75) is 6.54 Å². The zero-order valence-corrected chi connectivity index (χ0v) is 22.3. The van der Waals surface area contributed by atoms with Crippen molar-refractivity contribution in [3.05, 3.63) is 83.3 Å². The third-order valence-corrected chi connectivity index (χ3v) is 7.60. The van der Waals surface area contributed by atoms with Gasteiger partial charge in [0.25, 0.3) is 0 Å². The quantitative estimate of drug-likeness (QED) is 0.367. The highest BCUT2D eigenvalue weighted by atomic mass is 16.1. The molecule has 38 heavy (non-hydrogen) atoms. The normalized spacial score (nSPS) is 14.7. The molecular weight excluding hydrogens is 472 g/mol. The van der Waals surface area contributed by atoms with E-state index in [0.717, 1.165) is 77.0 Å². The van der Waals surface area contributed by atoms with Crippen LogP contribution < -0.4 is 10.6 Å². The summed E-state index contributed by atoms with van der Waals surface area (Å²) in [5.74, 6) is 0. The van der Waals surface area contributed by atoms with Crippen molar-refractivity contribution < 1.29 is 0 Å². The maximum atomic E-state index is 13.3. The molecule has 0 radical (unpaired) electrons. The van der Waals surface area contributed by atoms with Crippen LogP contribution in [0.5, 0.6) is 0 Å². The molecule has 1 fully saturated rings. The topological polar surface area (TPSA) is 60.4 Å². The molecule has 194 valence electrons. The second-order valence-corrected chi connectivity index (χ2v) is 10.5. The maximum Gasteiger partial charge on any atom is 0.326 e. The third kappa shape index (κ3) is 4.48. The first kappa shape index (κ1) is 24.4. The van der Waals surface area contributed by atoms with Gasteiger partial charge >= 0.3 is 5.69 Å². The third-order valence-electron chi connectivity index (χ3n) is 7.60. The number of benzene rings is 3. The number of aromatic amines is 1. The lowest BCUT2D eigenvalue weighted by atomic mass is 9.99. The lowest BCUT2D eigenvalue weighted by molar-refractivity contribution is 0.313. The van der Waals surface area contributed by atoms with Crippen molar-refractivity contribution >= 4 is 27.6 Å². The van der Waals surface area contributed by atoms with Gasteiger partial charge in [0.05, 0.1) is 22.2 Å². The molecule has 0 saturated carbocycles. The van der Waals surface area contributed by atoms with Gasteiger partial charge in [0.15, 0.2) is 0 Å². The molecule has 0 unspecified atom stereocenters. The van der Waals surface area contributed by atoms with Crippen LogP contribution >= 0.6 is 0 Å². The Labute approximate surface area is 222 Å². The van der Waals surface area contributed by atoms with Crippen LogP contribution in [-0.4, -0.2) is 78.2 Å². The molecule has 0 spiro atoms. The van der Waals surface area contributed by atoms with E-state index in [-0.39, 0.29) is 5.69 Å². The Morgan fingerprint density at radius 2 is 1.61 bits per heavy atom. The number of anilines is 1. The zero-order chi connectivity index (χ0) is 26.2. The molecule has 3 aromatic carbocycles. The number of aromatic nitrogens is 3. The molecule has 6 rings (SSSR count). The minimum absolute atomic E-state index is 0.100. The SMILES string of the molecule is CN(C)CCn1c(=O)[nH]c2c(-c3ccc(N4CCN(C)CC4)cc3)nc3c(-c4ccccc4)cccc3c21. The first-order chi connectivity index (χ1) is 18.5. The first-order valence-corrected chi connectivity index (χ1v) is 13.3. The van der Waals surface area contributed by atoms with Crippen LogP contribution in [0.3, 0.4) is 0 Å². The van der Waals surface area contributed by atoms with Crippen molar-refractivity contribution in [2.24, 2.45) is 0 Å². The minimum Gasteiger partial charge on any atom is -0.369 e. The number of nitrogens with zero attached hydrogens (tertiary/aromatic N) is 5. The fourth-order valence-corrected chi connectivity index (χ4v) is 5.41. The molecule has 0 amide bonds. The molecule has 1 N–H and O–H groups in total. The standard InChI is InChI=1S/C31H34N6O/c1-34(2)16-21-37-30-26-11-7-10-25(22-8-5-4-6-9-22)28(26)32-27(29(30)33-31(37)38)23-12-14-24(15-13-23)36-19-17-35(3)18-20-36/h4-15H,16-21H2,1-3H3,(H,33,38). The summed E-state index contributed by atoms with van der Waals surface area (Å²) < 4.78 is 1.87. The average molecular weight is 507 g/mol. The molecule has 7 heteroatoms. The van der Waals surface area contributed by atoms with Gasteiger partial charge in [-0.05, 0) is 38.8 Å². The number of imidazole rings is 1. The molecule has 0 bridgehead atoms. The Hall–Kier alpha value is -3.94. The predicted molar refractivity (Wildman–Crippen MR) is 157 cm³/mol. The van der Waals surface area contributed by atoms with Crippen LogP contribution in [0.2, 0.25) is 0 Å². The second-order valence-electron chi connectivity index (χ2n) is 10.5. The number of hydrogen-bond donors (Lipinski definition) is 1. The molecular formula is C31H34N6O. The van der Waals surface area contributed by atoms with Gasteiger partial charge in [-0.15, -0.1) is 0 Å². The summed E-state index contributed by atoms with van der Waals surface area (Å²) in [6, 6.07) is 25.3. The maximum absolute atomic E-state index is 13.3. The Kier molecular flexibility index (Phi) is 6.47. The van der Waals surface area contributed by atoms with Gasteiger partial charge in [-0.3, -0.25) is 4.57 Å². The smallest absolute Gasteiger partial charge is 0.326 e. The van der Waals surface area contributed by atoms with E-state index in [2.05, 4.69) is 81.3 Å². The van der Waals surface area contributed by atoms with Gasteiger partial charge in [0, 0.05) is 61.5 Å². The van der Waals surface area contributed by atoms with Gasteiger partial charge in [-0.25, -0.2) is 9.78 Å². The minimum atomic E-state index is -0.100. The highest BCUT2D eigenvalue weighted by Crippen LogP contribution is 2.36. The van der Waals surface area contributed by atoms with E-state index in [0.29, 0.717) is 6.54 Å². The van der Waals surface area contributed by atoms with Crippen LogP contribution in [-0.2, 0) is 6.54 Å². The van der Waals surface area contributed by atoms with Crippen molar-refractivity contribution in [3.8, 4) is 22.4 Å². The fraction of sp³-hybridized carbons (Fsp3) is 0.290. The van der Waals surface area contributed by atoms with Gasteiger partial charge in [-0.1, -0.05) is 60.7 Å². The molecule has 0 aliphatic carbocycles. The second kappa shape index (κ2) is 10.1. The highest BCUT2D eigenvalue weighted by Gasteiger charge is 2.20. The first-order valence-electron chi connectivity index (χ1n) is 13.3. The number of nitrogens with one attached hydrogen (secondary N) is 1. The average Bonchev–Trinajstić information content (AvgIpc) is 3.28. The summed E-state index contributed by atoms with van der Waals surface area (Å²) in [5.41, 5.74) is 7.71. The zero-order valence-electron chi connectivity index (χ0n) is 22.3. The number of piperazine rings is 1. The number of H-pyrrole nitrogens is 1. The van der Waals surface area contributed by atoms with Crippen molar-refractivity contribution in [2.75, 3.05) is 58.8 Å². The van der Waals surface area contributed by atoms with E-state index < -0.39 is 0 Å². The molecule has 2 aromatic heterocycles. The van der Waals surface area contributed by atoms with Crippen LogP contribution in [0, 0.1) is 0 Å². The fourth-order valence-electron chi connectivity index (χ4n) is 5.41. The lowest BCUT2D eigenvalue weighted by Crippen LogP contribution is -2.44. The summed E-state index contributed by atoms with van der Waals surface area (Å²) in [5, 5.41) is 0.983. The monoisotopic (exact) mass is 506 g/mol. The molecule has 1 aliphatic rings. The number of para-hydroxylation sites is 1. The summed E-state index contributed by atoms with van der Waals surface area (Å²) in [6.07, 6.45) is 0. The van der Waals surface area contributed by atoms with E-state index in [9.17, 15) is 4.79 Å². The Morgan fingerprint density at radius 3 is 2.32 bits per heavy atom. The molecule has 1 saturated heterocycles. The Balaban J connectivity index is 1.55. The Morgan fingerprint density at radius 1 is 0.868 bits per heavy atom. The van der Waals surface area contributed by atoms with Crippen molar-refractivity contribution in [3.63, 3.8) is 0 Å². The van der Waals surface area contributed by atoms with E-state index in [1.165, 1.54) is 5.69 Å². The van der Waals surface area contributed by atoms with E-state index in [1.54, 1.807) is 0 Å².